The highest BCUT2D eigenvalue weighted by Gasteiger charge is 2.18. The van der Waals surface area contributed by atoms with Crippen molar-refractivity contribution in [1.29, 1.82) is 0 Å². The summed E-state index contributed by atoms with van der Waals surface area (Å²) in [4.78, 5) is 12.0. The average Bonchev–Trinajstić information content (AvgIpc) is 3.08. The lowest BCUT2D eigenvalue weighted by atomic mass is 10.1. The number of anilines is 1. The number of nitrogens with one attached hydrogen (secondary N) is 3. The van der Waals surface area contributed by atoms with Crippen LogP contribution in [0.1, 0.15) is 18.5 Å². The lowest BCUT2D eigenvalue weighted by Gasteiger charge is -2.08. The molecule has 6 nitrogen and oxygen atoms in total. The van der Waals surface area contributed by atoms with Crippen molar-refractivity contribution in [2.75, 3.05) is 11.9 Å². The second-order valence-electron chi connectivity index (χ2n) is 5.37. The van der Waals surface area contributed by atoms with Gasteiger partial charge in [-0.15, -0.1) is 5.10 Å². The third kappa shape index (κ3) is 3.32. The largest absolute Gasteiger partial charge is 0.309 e. The first kappa shape index (κ1) is 14.7. The summed E-state index contributed by atoms with van der Waals surface area (Å²) in [6.07, 6.45) is 1.31. The SMILES string of the molecule is Cc1cc(NC(=O)CC2CCNN2)nn1-c1cccc(F)c1. The van der Waals surface area contributed by atoms with Crippen LogP contribution in [0.25, 0.3) is 5.69 Å². The highest BCUT2D eigenvalue weighted by atomic mass is 19.1. The Labute approximate surface area is 127 Å². The number of nitrogens with zero attached hydrogens (tertiary/aromatic N) is 2. The van der Waals surface area contributed by atoms with Crippen molar-refractivity contribution in [3.8, 4) is 5.69 Å². The average molecular weight is 303 g/mol. The topological polar surface area (TPSA) is 71.0 Å². The number of benzene rings is 1. The standard InChI is InChI=1S/C15H18FN5O/c1-10-7-14(18-15(22)9-12-5-6-17-19-12)20-21(10)13-4-2-3-11(16)8-13/h2-4,7-8,12,17,19H,5-6,9H2,1H3,(H,18,20,22). The van der Waals surface area contributed by atoms with Crippen LogP contribution in [-0.4, -0.2) is 28.3 Å². The predicted octanol–water partition coefficient (Wildman–Crippen LogP) is 1.51. The fraction of sp³-hybridized carbons (Fsp3) is 0.333. The van der Waals surface area contributed by atoms with Gasteiger partial charge in [0.1, 0.15) is 5.82 Å². The molecular weight excluding hydrogens is 285 g/mol. The van der Waals surface area contributed by atoms with Crippen molar-refractivity contribution >= 4 is 11.7 Å². The minimum absolute atomic E-state index is 0.0925. The molecule has 1 amide bonds. The minimum atomic E-state index is -0.321. The van der Waals surface area contributed by atoms with E-state index in [9.17, 15) is 9.18 Å². The zero-order valence-corrected chi connectivity index (χ0v) is 12.3. The van der Waals surface area contributed by atoms with Crippen molar-refractivity contribution in [3.63, 3.8) is 0 Å². The maximum atomic E-state index is 13.3. The summed E-state index contributed by atoms with van der Waals surface area (Å²) in [6.45, 7) is 2.72. The summed E-state index contributed by atoms with van der Waals surface area (Å²) in [7, 11) is 0. The van der Waals surface area contributed by atoms with E-state index in [4.69, 9.17) is 0 Å². The van der Waals surface area contributed by atoms with Crippen LogP contribution in [0.5, 0.6) is 0 Å². The molecule has 1 atom stereocenters. The predicted molar refractivity (Wildman–Crippen MR) is 81.0 cm³/mol. The molecule has 1 aromatic heterocycles. The second-order valence-corrected chi connectivity index (χ2v) is 5.37. The first-order valence-corrected chi connectivity index (χ1v) is 7.22. The molecule has 0 radical (unpaired) electrons. The Kier molecular flexibility index (Phi) is 4.17. The van der Waals surface area contributed by atoms with Crippen LogP contribution in [-0.2, 0) is 4.79 Å². The quantitative estimate of drug-likeness (QED) is 0.801. The van der Waals surface area contributed by atoms with Crippen molar-refractivity contribution < 1.29 is 9.18 Å². The molecule has 1 unspecified atom stereocenters. The van der Waals surface area contributed by atoms with Crippen LogP contribution in [0.15, 0.2) is 30.3 Å². The monoisotopic (exact) mass is 303 g/mol. The van der Waals surface area contributed by atoms with Crippen LogP contribution in [0.2, 0.25) is 0 Å². The zero-order valence-electron chi connectivity index (χ0n) is 12.3. The fourth-order valence-corrected chi connectivity index (χ4v) is 2.51. The van der Waals surface area contributed by atoms with Crippen molar-refractivity contribution in [1.82, 2.24) is 20.6 Å². The molecule has 1 aliphatic heterocycles. The van der Waals surface area contributed by atoms with Gasteiger partial charge in [0.2, 0.25) is 5.91 Å². The highest BCUT2D eigenvalue weighted by molar-refractivity contribution is 5.90. The molecule has 0 aliphatic carbocycles. The molecular formula is C15H18FN5O. The van der Waals surface area contributed by atoms with Crippen LogP contribution >= 0.6 is 0 Å². The Morgan fingerprint density at radius 1 is 1.50 bits per heavy atom. The van der Waals surface area contributed by atoms with E-state index in [1.54, 1.807) is 22.9 Å². The Hall–Kier alpha value is -2.25. The molecule has 0 saturated carbocycles. The second kappa shape index (κ2) is 6.25. The Morgan fingerprint density at radius 2 is 2.36 bits per heavy atom. The molecule has 0 bridgehead atoms. The Balaban J connectivity index is 1.70. The van der Waals surface area contributed by atoms with E-state index >= 15 is 0 Å². The maximum absolute atomic E-state index is 13.3. The molecule has 1 saturated heterocycles. The first-order valence-electron chi connectivity index (χ1n) is 7.22. The molecule has 1 aliphatic rings. The van der Waals surface area contributed by atoms with Crippen LogP contribution in [0.3, 0.4) is 0 Å². The molecule has 7 heteroatoms. The van der Waals surface area contributed by atoms with Gasteiger partial charge in [0.15, 0.2) is 5.82 Å². The van der Waals surface area contributed by atoms with Crippen molar-refractivity contribution in [2.24, 2.45) is 0 Å². The van der Waals surface area contributed by atoms with E-state index in [1.165, 1.54) is 12.1 Å². The smallest absolute Gasteiger partial charge is 0.227 e. The van der Waals surface area contributed by atoms with Crippen LogP contribution < -0.4 is 16.2 Å². The lowest BCUT2D eigenvalue weighted by molar-refractivity contribution is -0.116. The molecule has 22 heavy (non-hydrogen) atoms. The molecule has 116 valence electrons. The molecule has 1 fully saturated rings. The Morgan fingerprint density at radius 3 is 3.09 bits per heavy atom. The zero-order chi connectivity index (χ0) is 15.5. The van der Waals surface area contributed by atoms with Gasteiger partial charge in [-0.1, -0.05) is 6.07 Å². The summed E-state index contributed by atoms with van der Waals surface area (Å²) in [5.74, 6) is 0.0561. The number of carbonyl (C=O) groups is 1. The number of aromatic nitrogens is 2. The highest BCUT2D eigenvalue weighted by Crippen LogP contribution is 2.16. The number of hydrogen-bond acceptors (Lipinski definition) is 4. The van der Waals surface area contributed by atoms with Crippen molar-refractivity contribution in [2.45, 2.75) is 25.8 Å². The number of rotatable bonds is 4. The van der Waals surface area contributed by atoms with Gasteiger partial charge in [0, 0.05) is 30.8 Å². The van der Waals surface area contributed by atoms with Gasteiger partial charge in [0.05, 0.1) is 5.69 Å². The summed E-state index contributed by atoms with van der Waals surface area (Å²) >= 11 is 0. The molecule has 3 rings (SSSR count). The van der Waals surface area contributed by atoms with E-state index in [2.05, 4.69) is 21.3 Å². The van der Waals surface area contributed by atoms with Gasteiger partial charge < -0.3 is 5.32 Å². The molecule has 2 aromatic rings. The first-order chi connectivity index (χ1) is 10.6. The van der Waals surface area contributed by atoms with Gasteiger partial charge in [-0.05, 0) is 31.5 Å². The third-order valence-corrected chi connectivity index (χ3v) is 3.56. The van der Waals surface area contributed by atoms with Gasteiger partial charge in [-0.2, -0.15) is 0 Å². The number of aryl methyl sites for hydroxylation is 1. The van der Waals surface area contributed by atoms with E-state index < -0.39 is 0 Å². The fourth-order valence-electron chi connectivity index (χ4n) is 2.51. The van der Waals surface area contributed by atoms with E-state index in [0.717, 1.165) is 18.7 Å². The summed E-state index contributed by atoms with van der Waals surface area (Å²) in [5, 5.41) is 7.10. The Bertz CT molecular complexity index is 678. The number of hydrogen-bond donors (Lipinski definition) is 3. The summed E-state index contributed by atoms with van der Waals surface area (Å²) < 4.78 is 14.9. The van der Waals surface area contributed by atoms with Crippen molar-refractivity contribution in [3.05, 3.63) is 41.8 Å². The van der Waals surface area contributed by atoms with E-state index in [1.807, 2.05) is 6.92 Å². The maximum Gasteiger partial charge on any atom is 0.227 e. The molecule has 1 aromatic carbocycles. The third-order valence-electron chi connectivity index (χ3n) is 3.56. The molecule has 2 heterocycles. The van der Waals surface area contributed by atoms with E-state index in [-0.39, 0.29) is 17.8 Å². The summed E-state index contributed by atoms with van der Waals surface area (Å²) in [6, 6.07) is 8.09. The van der Waals surface area contributed by atoms with E-state index in [0.29, 0.717) is 17.9 Å². The normalized spacial score (nSPS) is 17.6. The number of amides is 1. The van der Waals surface area contributed by atoms with Gasteiger partial charge in [0.25, 0.3) is 0 Å². The van der Waals surface area contributed by atoms with Crippen LogP contribution in [0.4, 0.5) is 10.2 Å². The molecule has 3 N–H and O–H groups in total. The minimum Gasteiger partial charge on any atom is -0.309 e. The lowest BCUT2D eigenvalue weighted by Crippen LogP contribution is -2.33. The van der Waals surface area contributed by atoms with Gasteiger partial charge >= 0.3 is 0 Å². The molecule has 0 spiro atoms. The van der Waals surface area contributed by atoms with Gasteiger partial charge in [-0.3, -0.25) is 15.6 Å². The van der Waals surface area contributed by atoms with Crippen LogP contribution in [0, 0.1) is 12.7 Å². The number of hydrazine groups is 1. The number of carbonyl (C=O) groups excluding carboxylic acids is 1. The summed E-state index contributed by atoms with van der Waals surface area (Å²) in [5.41, 5.74) is 7.49. The number of halogens is 1. The van der Waals surface area contributed by atoms with Gasteiger partial charge in [-0.25, -0.2) is 9.07 Å².